The SMILES string of the molecule is Cc1cc(C(=O)NC(C)CCCO)cc(=O)[nH]1. The van der Waals surface area contributed by atoms with Crippen LogP contribution in [0.5, 0.6) is 0 Å². The minimum Gasteiger partial charge on any atom is -0.396 e. The summed E-state index contributed by atoms with van der Waals surface area (Å²) in [5, 5.41) is 11.5. The first kappa shape index (κ1) is 13.4. The lowest BCUT2D eigenvalue weighted by molar-refractivity contribution is 0.0936. The number of carbonyl (C=O) groups is 1. The van der Waals surface area contributed by atoms with Crippen LogP contribution in [0, 0.1) is 6.92 Å². The molecule has 1 aromatic rings. The lowest BCUT2D eigenvalue weighted by Crippen LogP contribution is -2.33. The summed E-state index contributed by atoms with van der Waals surface area (Å²) in [5.41, 5.74) is 0.742. The normalized spacial score (nSPS) is 12.2. The van der Waals surface area contributed by atoms with Crippen molar-refractivity contribution in [1.29, 1.82) is 0 Å². The molecule has 1 atom stereocenters. The van der Waals surface area contributed by atoms with E-state index in [1.54, 1.807) is 13.0 Å². The van der Waals surface area contributed by atoms with Crippen molar-refractivity contribution in [3.63, 3.8) is 0 Å². The van der Waals surface area contributed by atoms with Crippen LogP contribution in [0.1, 0.15) is 35.8 Å². The number of carbonyl (C=O) groups excluding carboxylic acids is 1. The third kappa shape index (κ3) is 4.40. The fourth-order valence-corrected chi connectivity index (χ4v) is 1.59. The van der Waals surface area contributed by atoms with E-state index in [4.69, 9.17) is 5.11 Å². The number of nitrogens with one attached hydrogen (secondary N) is 2. The first-order valence-electron chi connectivity index (χ1n) is 5.65. The molecule has 1 aromatic heterocycles. The molecule has 0 aliphatic heterocycles. The molecule has 0 aromatic carbocycles. The number of aromatic nitrogens is 1. The molecule has 0 aliphatic carbocycles. The zero-order chi connectivity index (χ0) is 12.8. The largest absolute Gasteiger partial charge is 0.396 e. The second-order valence-electron chi connectivity index (χ2n) is 4.16. The molecule has 1 heterocycles. The Hall–Kier alpha value is -1.62. The Morgan fingerprint density at radius 1 is 1.53 bits per heavy atom. The number of aliphatic hydroxyl groups is 1. The first-order chi connectivity index (χ1) is 8.02. The number of amides is 1. The maximum Gasteiger partial charge on any atom is 0.251 e. The second kappa shape index (κ2) is 6.20. The highest BCUT2D eigenvalue weighted by Gasteiger charge is 2.10. The van der Waals surface area contributed by atoms with Crippen molar-refractivity contribution < 1.29 is 9.90 Å². The highest BCUT2D eigenvalue weighted by Crippen LogP contribution is 2.01. The molecule has 5 heteroatoms. The van der Waals surface area contributed by atoms with Crippen molar-refractivity contribution in [2.24, 2.45) is 0 Å². The summed E-state index contributed by atoms with van der Waals surface area (Å²) in [7, 11) is 0. The standard InChI is InChI=1S/C12H18N2O3/c1-8(4-3-5-15)14-12(17)10-6-9(2)13-11(16)7-10/h6-8,15H,3-5H2,1-2H3,(H,13,16)(H,14,17). The van der Waals surface area contributed by atoms with Gasteiger partial charge in [-0.1, -0.05) is 0 Å². The summed E-state index contributed by atoms with van der Waals surface area (Å²) in [6, 6.07) is 2.89. The van der Waals surface area contributed by atoms with E-state index < -0.39 is 0 Å². The maximum atomic E-state index is 11.8. The van der Waals surface area contributed by atoms with Gasteiger partial charge in [-0.2, -0.15) is 0 Å². The molecule has 0 fully saturated rings. The predicted molar refractivity (Wildman–Crippen MR) is 65.0 cm³/mol. The zero-order valence-electron chi connectivity index (χ0n) is 10.1. The van der Waals surface area contributed by atoms with Gasteiger partial charge in [0.05, 0.1) is 0 Å². The van der Waals surface area contributed by atoms with E-state index in [1.807, 2.05) is 6.92 Å². The second-order valence-corrected chi connectivity index (χ2v) is 4.16. The highest BCUT2D eigenvalue weighted by atomic mass is 16.3. The van der Waals surface area contributed by atoms with Crippen molar-refractivity contribution in [3.8, 4) is 0 Å². The van der Waals surface area contributed by atoms with Gasteiger partial charge in [0.25, 0.3) is 5.91 Å². The van der Waals surface area contributed by atoms with Crippen LogP contribution in [0.15, 0.2) is 16.9 Å². The molecule has 17 heavy (non-hydrogen) atoms. The van der Waals surface area contributed by atoms with Crippen molar-refractivity contribution in [2.45, 2.75) is 32.7 Å². The van der Waals surface area contributed by atoms with Crippen molar-refractivity contribution in [2.75, 3.05) is 6.61 Å². The van der Waals surface area contributed by atoms with Gasteiger partial charge >= 0.3 is 0 Å². The molecule has 3 N–H and O–H groups in total. The Morgan fingerprint density at radius 3 is 2.82 bits per heavy atom. The summed E-state index contributed by atoms with van der Waals surface area (Å²) in [4.78, 5) is 25.6. The van der Waals surface area contributed by atoms with E-state index in [-0.39, 0.29) is 24.1 Å². The maximum absolute atomic E-state index is 11.8. The number of pyridine rings is 1. The summed E-state index contributed by atoms with van der Waals surface area (Å²) < 4.78 is 0. The molecule has 0 saturated heterocycles. The Labute approximate surface area is 99.9 Å². The summed E-state index contributed by atoms with van der Waals surface area (Å²) in [6.45, 7) is 3.71. The van der Waals surface area contributed by atoms with Crippen LogP contribution in [0.2, 0.25) is 0 Å². The van der Waals surface area contributed by atoms with Crippen molar-refractivity contribution >= 4 is 5.91 Å². The van der Waals surface area contributed by atoms with Gasteiger partial charge in [-0.25, -0.2) is 0 Å². The van der Waals surface area contributed by atoms with Gasteiger partial charge in [0.2, 0.25) is 5.56 Å². The van der Waals surface area contributed by atoms with E-state index in [9.17, 15) is 9.59 Å². The third-order valence-corrected chi connectivity index (χ3v) is 2.41. The van der Waals surface area contributed by atoms with E-state index in [2.05, 4.69) is 10.3 Å². The van der Waals surface area contributed by atoms with E-state index >= 15 is 0 Å². The van der Waals surface area contributed by atoms with Gasteiger partial charge in [-0.3, -0.25) is 9.59 Å². The van der Waals surface area contributed by atoms with E-state index in [0.717, 1.165) is 0 Å². The smallest absolute Gasteiger partial charge is 0.251 e. The summed E-state index contributed by atoms with van der Waals surface area (Å²) >= 11 is 0. The minimum absolute atomic E-state index is 0.0192. The number of rotatable bonds is 5. The molecule has 1 amide bonds. The molecule has 0 spiro atoms. The summed E-state index contributed by atoms with van der Waals surface area (Å²) in [5.74, 6) is -0.260. The molecular weight excluding hydrogens is 220 g/mol. The quantitative estimate of drug-likeness (QED) is 0.701. The van der Waals surface area contributed by atoms with Crippen LogP contribution in [0.3, 0.4) is 0 Å². The van der Waals surface area contributed by atoms with Gasteiger partial charge in [-0.15, -0.1) is 0 Å². The molecule has 1 rings (SSSR count). The number of hydrogen-bond acceptors (Lipinski definition) is 3. The van der Waals surface area contributed by atoms with Crippen LogP contribution in [-0.4, -0.2) is 28.6 Å². The molecule has 0 radical (unpaired) electrons. The van der Waals surface area contributed by atoms with E-state index in [0.29, 0.717) is 24.1 Å². The topological polar surface area (TPSA) is 82.2 Å². The summed E-state index contributed by atoms with van der Waals surface area (Å²) in [6.07, 6.45) is 1.36. The Bertz CT molecular complexity index is 440. The van der Waals surface area contributed by atoms with Crippen LogP contribution in [0.25, 0.3) is 0 Å². The lowest BCUT2D eigenvalue weighted by atomic mass is 10.1. The lowest BCUT2D eigenvalue weighted by Gasteiger charge is -2.13. The molecule has 0 bridgehead atoms. The molecular formula is C12H18N2O3. The van der Waals surface area contributed by atoms with Crippen LogP contribution < -0.4 is 10.9 Å². The fraction of sp³-hybridized carbons (Fsp3) is 0.500. The van der Waals surface area contributed by atoms with Gasteiger partial charge in [0, 0.05) is 30.0 Å². The Kier molecular flexibility index (Phi) is 4.90. The van der Waals surface area contributed by atoms with Gasteiger partial charge in [0.15, 0.2) is 0 Å². The number of aryl methyl sites for hydroxylation is 1. The Morgan fingerprint density at radius 2 is 2.24 bits per heavy atom. The molecule has 1 unspecified atom stereocenters. The monoisotopic (exact) mass is 238 g/mol. The van der Waals surface area contributed by atoms with Gasteiger partial charge in [0.1, 0.15) is 0 Å². The average Bonchev–Trinajstić information content (AvgIpc) is 2.25. The fourth-order valence-electron chi connectivity index (χ4n) is 1.59. The Balaban J connectivity index is 2.66. The minimum atomic E-state index is -0.279. The number of aromatic amines is 1. The number of aliphatic hydroxyl groups excluding tert-OH is 1. The van der Waals surface area contributed by atoms with Gasteiger partial charge in [-0.05, 0) is 32.8 Å². The highest BCUT2D eigenvalue weighted by molar-refractivity contribution is 5.94. The zero-order valence-corrected chi connectivity index (χ0v) is 10.1. The average molecular weight is 238 g/mol. The molecule has 94 valence electrons. The van der Waals surface area contributed by atoms with Crippen LogP contribution >= 0.6 is 0 Å². The molecule has 0 aliphatic rings. The first-order valence-corrected chi connectivity index (χ1v) is 5.65. The molecule has 0 saturated carbocycles. The van der Waals surface area contributed by atoms with E-state index in [1.165, 1.54) is 6.07 Å². The van der Waals surface area contributed by atoms with Crippen LogP contribution in [-0.2, 0) is 0 Å². The van der Waals surface area contributed by atoms with Crippen LogP contribution in [0.4, 0.5) is 0 Å². The van der Waals surface area contributed by atoms with Gasteiger partial charge < -0.3 is 15.4 Å². The van der Waals surface area contributed by atoms with Crippen molar-refractivity contribution in [1.82, 2.24) is 10.3 Å². The molecule has 5 nitrogen and oxygen atoms in total. The third-order valence-electron chi connectivity index (χ3n) is 2.41. The number of hydrogen-bond donors (Lipinski definition) is 3. The predicted octanol–water partition coefficient (Wildman–Crippen LogP) is 0.574. The number of H-pyrrole nitrogens is 1. The van der Waals surface area contributed by atoms with Crippen molar-refractivity contribution in [3.05, 3.63) is 33.7 Å².